The molecule has 198 valence electrons. The molecule has 2 unspecified atom stereocenters. The van der Waals surface area contributed by atoms with Crippen molar-refractivity contribution in [3.05, 3.63) is 64.1 Å². The molecule has 0 aliphatic rings. The number of amides is 1. The second-order valence-electron chi connectivity index (χ2n) is 8.19. The summed E-state index contributed by atoms with van der Waals surface area (Å²) >= 11 is 12.1. The van der Waals surface area contributed by atoms with E-state index in [9.17, 15) is 9.59 Å². The maximum atomic E-state index is 13.3. The number of ether oxygens (including phenoxy) is 4. The van der Waals surface area contributed by atoms with Crippen LogP contribution in [0.4, 0.5) is 5.69 Å². The highest BCUT2D eigenvalue weighted by molar-refractivity contribution is 6.42. The van der Waals surface area contributed by atoms with Crippen LogP contribution in [0, 0.1) is 0 Å². The number of rotatable bonds is 15. The lowest BCUT2D eigenvalue weighted by Crippen LogP contribution is -2.51. The van der Waals surface area contributed by atoms with Crippen molar-refractivity contribution in [3.63, 3.8) is 0 Å². The molecule has 0 saturated heterocycles. The van der Waals surface area contributed by atoms with Crippen LogP contribution in [-0.4, -0.2) is 69.6 Å². The van der Waals surface area contributed by atoms with Gasteiger partial charge in [-0.25, -0.2) is 4.79 Å². The highest BCUT2D eigenvalue weighted by Gasteiger charge is 2.33. The molecule has 36 heavy (non-hydrogen) atoms. The number of anilines is 1. The van der Waals surface area contributed by atoms with Crippen LogP contribution in [0.5, 0.6) is 0 Å². The first-order chi connectivity index (χ1) is 17.3. The van der Waals surface area contributed by atoms with Crippen LogP contribution in [0.2, 0.25) is 10.0 Å². The van der Waals surface area contributed by atoms with Crippen molar-refractivity contribution in [1.82, 2.24) is 4.90 Å². The topological polar surface area (TPSA) is 86.3 Å². The highest BCUT2D eigenvalue weighted by atomic mass is 35.5. The third-order valence-corrected chi connectivity index (χ3v) is 6.23. The number of nitrogens with zero attached hydrogens (tertiary/aromatic N) is 1. The number of nitrogens with one attached hydrogen (secondary N) is 1. The summed E-state index contributed by atoms with van der Waals surface area (Å²) in [6.07, 6.45) is -0.550. The minimum absolute atomic E-state index is 0.0646. The van der Waals surface area contributed by atoms with Crippen LogP contribution < -0.4 is 5.32 Å². The van der Waals surface area contributed by atoms with E-state index in [-0.39, 0.29) is 37.9 Å². The van der Waals surface area contributed by atoms with Gasteiger partial charge in [0.25, 0.3) is 0 Å². The lowest BCUT2D eigenvalue weighted by Gasteiger charge is -2.33. The second kappa shape index (κ2) is 15.7. The van der Waals surface area contributed by atoms with Crippen molar-refractivity contribution in [2.24, 2.45) is 0 Å². The van der Waals surface area contributed by atoms with Crippen LogP contribution in [-0.2, 0) is 35.1 Å². The van der Waals surface area contributed by atoms with Gasteiger partial charge in [-0.05, 0) is 30.7 Å². The molecule has 1 N–H and O–H groups in total. The zero-order valence-electron chi connectivity index (χ0n) is 21.0. The number of hydrogen-bond donors (Lipinski definition) is 1. The summed E-state index contributed by atoms with van der Waals surface area (Å²) in [7, 11) is 4.21. The van der Waals surface area contributed by atoms with Gasteiger partial charge in [0.2, 0.25) is 5.91 Å². The molecule has 0 heterocycles. The lowest BCUT2D eigenvalue weighted by atomic mass is 10.1. The molecule has 2 rings (SSSR count). The first-order valence-corrected chi connectivity index (χ1v) is 12.3. The summed E-state index contributed by atoms with van der Waals surface area (Å²) in [6, 6.07) is 13.8. The second-order valence-corrected chi connectivity index (χ2v) is 9.01. The van der Waals surface area contributed by atoms with Crippen molar-refractivity contribution in [2.75, 3.05) is 39.8 Å². The largest absolute Gasteiger partial charge is 0.467 e. The van der Waals surface area contributed by atoms with Gasteiger partial charge in [-0.3, -0.25) is 4.79 Å². The Kier molecular flexibility index (Phi) is 13.0. The van der Waals surface area contributed by atoms with E-state index in [1.807, 2.05) is 37.3 Å². The van der Waals surface area contributed by atoms with Gasteiger partial charge in [-0.1, -0.05) is 53.5 Å². The fourth-order valence-corrected chi connectivity index (χ4v) is 3.93. The molecule has 0 aromatic heterocycles. The molecular weight excluding hydrogens is 507 g/mol. The maximum absolute atomic E-state index is 13.3. The van der Waals surface area contributed by atoms with Crippen LogP contribution in [0.3, 0.4) is 0 Å². The standard InChI is InChI=1S/C26H34Cl2N2O6/c1-18(29-20-10-11-21(27)22(28)14-20)16-30(24(31)15-25(33-2)34-3)23(26(32)35-4)12-13-36-17-19-8-6-5-7-9-19/h5-11,14,18,23,25,29H,12-13,15-17H2,1-4H3. The molecule has 0 aliphatic carbocycles. The van der Waals surface area contributed by atoms with Crippen molar-refractivity contribution < 1.29 is 28.5 Å². The molecule has 0 fully saturated rings. The van der Waals surface area contributed by atoms with E-state index in [2.05, 4.69) is 5.32 Å². The van der Waals surface area contributed by atoms with Gasteiger partial charge in [0.1, 0.15) is 6.04 Å². The SMILES string of the molecule is COC(=O)C(CCOCc1ccccc1)N(CC(C)Nc1ccc(Cl)c(Cl)c1)C(=O)CC(OC)OC. The van der Waals surface area contributed by atoms with Crippen LogP contribution in [0.1, 0.15) is 25.3 Å². The van der Waals surface area contributed by atoms with Crippen molar-refractivity contribution in [1.29, 1.82) is 0 Å². The Morgan fingerprint density at radius 2 is 1.69 bits per heavy atom. The first-order valence-electron chi connectivity index (χ1n) is 11.5. The van der Waals surface area contributed by atoms with E-state index in [0.717, 1.165) is 11.3 Å². The van der Waals surface area contributed by atoms with Crippen molar-refractivity contribution in [2.45, 2.75) is 44.7 Å². The van der Waals surface area contributed by atoms with E-state index < -0.39 is 18.3 Å². The summed E-state index contributed by atoms with van der Waals surface area (Å²) in [5, 5.41) is 4.15. The van der Waals surface area contributed by atoms with Crippen LogP contribution in [0.25, 0.3) is 0 Å². The maximum Gasteiger partial charge on any atom is 0.328 e. The van der Waals surface area contributed by atoms with Crippen molar-refractivity contribution in [3.8, 4) is 0 Å². The Labute approximate surface area is 222 Å². The van der Waals surface area contributed by atoms with Crippen LogP contribution in [0.15, 0.2) is 48.5 Å². The summed E-state index contributed by atoms with van der Waals surface area (Å²) in [4.78, 5) is 27.6. The zero-order chi connectivity index (χ0) is 26.5. The molecule has 0 aliphatic heterocycles. The average Bonchev–Trinajstić information content (AvgIpc) is 2.88. The number of hydrogen-bond acceptors (Lipinski definition) is 7. The molecule has 0 bridgehead atoms. The minimum Gasteiger partial charge on any atom is -0.467 e. The molecule has 1 amide bonds. The molecule has 0 spiro atoms. The van der Waals surface area contributed by atoms with Crippen LogP contribution >= 0.6 is 23.2 Å². The van der Waals surface area contributed by atoms with E-state index in [0.29, 0.717) is 16.7 Å². The Hall–Kier alpha value is -2.36. The molecule has 0 saturated carbocycles. The van der Waals surface area contributed by atoms with Gasteiger partial charge >= 0.3 is 5.97 Å². The third-order valence-electron chi connectivity index (χ3n) is 5.49. The Morgan fingerprint density at radius 3 is 2.31 bits per heavy atom. The monoisotopic (exact) mass is 540 g/mol. The smallest absolute Gasteiger partial charge is 0.328 e. The number of esters is 1. The van der Waals surface area contributed by atoms with Gasteiger partial charge in [0.15, 0.2) is 6.29 Å². The van der Waals surface area contributed by atoms with Gasteiger partial charge in [-0.15, -0.1) is 0 Å². The highest BCUT2D eigenvalue weighted by Crippen LogP contribution is 2.25. The Balaban J connectivity index is 2.16. The number of halogens is 2. The third kappa shape index (κ3) is 9.59. The van der Waals surface area contributed by atoms with E-state index in [4.69, 9.17) is 42.1 Å². The van der Waals surface area contributed by atoms with Gasteiger partial charge in [-0.2, -0.15) is 0 Å². The average molecular weight is 541 g/mol. The number of benzene rings is 2. The fraction of sp³-hybridized carbons (Fsp3) is 0.462. The van der Waals surface area contributed by atoms with Crippen molar-refractivity contribution >= 4 is 40.8 Å². The number of methoxy groups -OCH3 is 3. The van der Waals surface area contributed by atoms with Gasteiger partial charge < -0.3 is 29.2 Å². The fourth-order valence-electron chi connectivity index (χ4n) is 3.63. The summed E-state index contributed by atoms with van der Waals surface area (Å²) in [5.74, 6) is -0.843. The Bertz CT molecular complexity index is 959. The summed E-state index contributed by atoms with van der Waals surface area (Å²) < 4.78 is 21.2. The van der Waals surface area contributed by atoms with E-state index in [1.165, 1.54) is 26.2 Å². The van der Waals surface area contributed by atoms with E-state index >= 15 is 0 Å². The summed E-state index contributed by atoms with van der Waals surface area (Å²) in [6.45, 7) is 2.75. The molecule has 0 radical (unpaired) electrons. The molecular formula is C26H34Cl2N2O6. The normalized spacial score (nSPS) is 12.8. The quantitative estimate of drug-likeness (QED) is 0.197. The molecule has 10 heteroatoms. The molecule has 2 aromatic carbocycles. The zero-order valence-corrected chi connectivity index (χ0v) is 22.6. The van der Waals surface area contributed by atoms with Gasteiger partial charge in [0.05, 0.1) is 30.2 Å². The first kappa shape index (κ1) is 29.9. The predicted molar refractivity (Wildman–Crippen MR) is 140 cm³/mol. The number of carbonyl (C=O) groups excluding carboxylic acids is 2. The van der Waals surface area contributed by atoms with Gasteiger partial charge in [0, 0.05) is 45.5 Å². The molecule has 2 aromatic rings. The predicted octanol–water partition coefficient (Wildman–Crippen LogP) is 4.78. The van der Waals surface area contributed by atoms with E-state index in [1.54, 1.807) is 18.2 Å². The molecule has 8 nitrogen and oxygen atoms in total. The minimum atomic E-state index is -0.856. The Morgan fingerprint density at radius 1 is 1.00 bits per heavy atom. The molecule has 2 atom stereocenters. The number of carbonyl (C=O) groups is 2. The summed E-state index contributed by atoms with van der Waals surface area (Å²) in [5.41, 5.74) is 1.75. The lowest BCUT2D eigenvalue weighted by molar-refractivity contribution is -0.160.